The Hall–Kier alpha value is -3.19. The van der Waals surface area contributed by atoms with Gasteiger partial charge >= 0.3 is 0 Å². The first-order valence-electron chi connectivity index (χ1n) is 9.45. The minimum Gasteiger partial charge on any atom is -0.497 e. The first-order chi connectivity index (χ1) is 14.4. The lowest BCUT2D eigenvalue weighted by Gasteiger charge is -2.24. The van der Waals surface area contributed by atoms with E-state index in [0.29, 0.717) is 29.8 Å². The predicted octanol–water partition coefficient (Wildman–Crippen LogP) is 4.31. The van der Waals surface area contributed by atoms with E-state index >= 15 is 0 Å². The molecule has 1 amide bonds. The van der Waals surface area contributed by atoms with Crippen molar-refractivity contribution in [1.29, 1.82) is 0 Å². The number of hydrogen-bond acceptors (Lipinski definition) is 4. The first-order valence-corrected chi connectivity index (χ1v) is 10.2. The van der Waals surface area contributed by atoms with Gasteiger partial charge in [0, 0.05) is 27.8 Å². The quantitative estimate of drug-likeness (QED) is 0.599. The third kappa shape index (κ3) is 4.07. The molecule has 0 bridgehead atoms. The number of amides is 1. The van der Waals surface area contributed by atoms with Gasteiger partial charge in [0.2, 0.25) is 0 Å². The van der Waals surface area contributed by atoms with Gasteiger partial charge in [-0.2, -0.15) is 0 Å². The Morgan fingerprint density at radius 3 is 2.57 bits per heavy atom. The number of aromatic amines is 1. The number of aromatic nitrogens is 1. The van der Waals surface area contributed by atoms with Crippen LogP contribution in [0.3, 0.4) is 0 Å². The molecule has 1 aliphatic carbocycles. The molecule has 2 N–H and O–H groups in total. The third-order valence-corrected chi connectivity index (χ3v) is 5.71. The van der Waals surface area contributed by atoms with Crippen LogP contribution < -0.4 is 15.6 Å². The summed E-state index contributed by atoms with van der Waals surface area (Å²) in [4.78, 5) is 40.7. The molecule has 1 aromatic heterocycles. The maximum absolute atomic E-state index is 12.8. The molecule has 0 fully saturated rings. The summed E-state index contributed by atoms with van der Waals surface area (Å²) in [6.45, 7) is 0. The molecule has 7 heteroatoms. The Labute approximate surface area is 181 Å². The van der Waals surface area contributed by atoms with Crippen molar-refractivity contribution in [2.45, 2.75) is 18.8 Å². The molecule has 4 rings (SSSR count). The number of ether oxygens (including phenoxy) is 1. The van der Waals surface area contributed by atoms with Crippen LogP contribution in [0, 0.1) is 0 Å². The zero-order valence-electron chi connectivity index (χ0n) is 16.2. The van der Waals surface area contributed by atoms with Gasteiger partial charge in [-0.15, -0.1) is 0 Å². The normalized spacial score (nSPS) is 15.4. The topological polar surface area (TPSA) is 88.3 Å². The zero-order valence-corrected chi connectivity index (χ0v) is 17.8. The molecule has 0 radical (unpaired) electrons. The van der Waals surface area contributed by atoms with Crippen LogP contribution in [0.5, 0.6) is 5.75 Å². The van der Waals surface area contributed by atoms with E-state index in [1.54, 1.807) is 25.3 Å². The van der Waals surface area contributed by atoms with E-state index in [1.165, 1.54) is 6.07 Å². The number of methoxy groups -OCH3 is 1. The Morgan fingerprint density at radius 2 is 1.87 bits per heavy atom. The van der Waals surface area contributed by atoms with Crippen molar-refractivity contribution < 1.29 is 14.3 Å². The van der Waals surface area contributed by atoms with Gasteiger partial charge in [-0.25, -0.2) is 0 Å². The number of benzene rings is 2. The molecule has 3 aromatic rings. The van der Waals surface area contributed by atoms with Gasteiger partial charge in [0.1, 0.15) is 11.3 Å². The summed E-state index contributed by atoms with van der Waals surface area (Å²) in [5.74, 6) is 0.0655. The molecule has 0 spiro atoms. The molecular formula is C23H19BrN2O4. The molecule has 0 aliphatic heterocycles. The van der Waals surface area contributed by atoms with E-state index < -0.39 is 11.5 Å². The van der Waals surface area contributed by atoms with Gasteiger partial charge in [-0.1, -0.05) is 34.1 Å². The van der Waals surface area contributed by atoms with Crippen LogP contribution in [0.2, 0.25) is 0 Å². The van der Waals surface area contributed by atoms with E-state index in [4.69, 9.17) is 4.74 Å². The number of anilines is 1. The van der Waals surface area contributed by atoms with Gasteiger partial charge in [0.05, 0.1) is 7.11 Å². The SMILES string of the molecule is COc1ccc([C@H]2CC(=O)c3cc(C(=O)Nc4cccc(Br)c4)c(=O)[nH]c3C2)cc1. The zero-order chi connectivity index (χ0) is 21.3. The highest BCUT2D eigenvalue weighted by Gasteiger charge is 2.29. The van der Waals surface area contributed by atoms with Crippen LogP contribution in [0.4, 0.5) is 5.69 Å². The van der Waals surface area contributed by atoms with Gasteiger partial charge in [-0.3, -0.25) is 14.4 Å². The lowest BCUT2D eigenvalue weighted by molar-refractivity contribution is 0.0963. The minimum absolute atomic E-state index is 0.0344. The van der Waals surface area contributed by atoms with E-state index in [2.05, 4.69) is 26.2 Å². The molecule has 0 saturated carbocycles. The molecule has 1 aliphatic rings. The Balaban J connectivity index is 1.60. The average Bonchev–Trinajstić information content (AvgIpc) is 2.73. The van der Waals surface area contributed by atoms with Crippen LogP contribution >= 0.6 is 15.9 Å². The van der Waals surface area contributed by atoms with Crippen LogP contribution in [-0.2, 0) is 6.42 Å². The molecule has 0 unspecified atom stereocenters. The maximum atomic E-state index is 12.8. The fourth-order valence-electron chi connectivity index (χ4n) is 3.68. The van der Waals surface area contributed by atoms with Crippen molar-refractivity contribution in [2.75, 3.05) is 12.4 Å². The molecular weight excluding hydrogens is 448 g/mol. The fourth-order valence-corrected chi connectivity index (χ4v) is 4.08. The lowest BCUT2D eigenvalue weighted by Crippen LogP contribution is -2.29. The molecule has 6 nitrogen and oxygen atoms in total. The highest BCUT2D eigenvalue weighted by molar-refractivity contribution is 9.10. The Bertz CT molecular complexity index is 1180. The largest absolute Gasteiger partial charge is 0.497 e. The van der Waals surface area contributed by atoms with Crippen molar-refractivity contribution >= 4 is 33.3 Å². The second-order valence-corrected chi connectivity index (χ2v) is 8.09. The summed E-state index contributed by atoms with van der Waals surface area (Å²) in [6, 6.07) is 16.0. The van der Waals surface area contributed by atoms with Crippen LogP contribution in [0.25, 0.3) is 0 Å². The predicted molar refractivity (Wildman–Crippen MR) is 118 cm³/mol. The summed E-state index contributed by atoms with van der Waals surface area (Å²) in [5.41, 5.74) is 1.94. The highest BCUT2D eigenvalue weighted by atomic mass is 79.9. The smallest absolute Gasteiger partial charge is 0.261 e. The average molecular weight is 467 g/mol. The molecule has 30 heavy (non-hydrogen) atoms. The number of pyridine rings is 1. The summed E-state index contributed by atoms with van der Waals surface area (Å²) >= 11 is 3.34. The number of halogens is 1. The van der Waals surface area contributed by atoms with Gasteiger partial charge in [0.15, 0.2) is 5.78 Å². The standard InChI is InChI=1S/C23H19BrN2O4/c1-30-17-7-5-13(6-8-17)14-9-20-18(21(27)10-14)12-19(23(29)26-20)22(28)25-16-4-2-3-15(24)11-16/h2-8,11-12,14H,9-10H2,1H3,(H,25,28)(H,26,29)/t14-/m1/s1. The van der Waals surface area contributed by atoms with E-state index in [0.717, 1.165) is 15.8 Å². The Morgan fingerprint density at radius 1 is 1.10 bits per heavy atom. The molecule has 0 saturated heterocycles. The number of carbonyl (C=O) groups is 2. The Kier molecular flexibility index (Phi) is 5.55. The molecule has 152 valence electrons. The van der Waals surface area contributed by atoms with Crippen molar-refractivity contribution in [1.82, 2.24) is 4.98 Å². The fraction of sp³-hybridized carbons (Fsp3) is 0.174. The van der Waals surface area contributed by atoms with Crippen LogP contribution in [0.1, 0.15) is 44.3 Å². The van der Waals surface area contributed by atoms with Gasteiger partial charge in [-0.05, 0) is 54.3 Å². The number of carbonyl (C=O) groups excluding carboxylic acids is 2. The van der Waals surface area contributed by atoms with Gasteiger partial charge < -0.3 is 15.0 Å². The molecule has 1 heterocycles. The second kappa shape index (κ2) is 8.28. The second-order valence-electron chi connectivity index (χ2n) is 7.17. The first kappa shape index (κ1) is 20.1. The molecule has 2 aromatic carbocycles. The number of H-pyrrole nitrogens is 1. The number of fused-ring (bicyclic) bond motifs is 1. The van der Waals surface area contributed by atoms with Crippen molar-refractivity contribution in [3.8, 4) is 5.75 Å². The summed E-state index contributed by atoms with van der Waals surface area (Å²) < 4.78 is 5.98. The van der Waals surface area contributed by atoms with Crippen molar-refractivity contribution in [3.63, 3.8) is 0 Å². The van der Waals surface area contributed by atoms with E-state index in [1.807, 2.05) is 30.3 Å². The number of ketones is 1. The summed E-state index contributed by atoms with van der Waals surface area (Å²) in [6.07, 6.45) is 0.842. The monoisotopic (exact) mass is 466 g/mol. The number of nitrogens with one attached hydrogen (secondary N) is 2. The number of hydrogen-bond donors (Lipinski definition) is 2. The number of rotatable bonds is 4. The lowest BCUT2D eigenvalue weighted by atomic mass is 9.81. The summed E-state index contributed by atoms with van der Waals surface area (Å²) in [5, 5.41) is 2.69. The number of Topliss-reactive ketones (excluding diaryl/α,β-unsaturated/α-hetero) is 1. The van der Waals surface area contributed by atoms with Crippen LogP contribution in [0.15, 0.2) is 63.9 Å². The van der Waals surface area contributed by atoms with Gasteiger partial charge in [0.25, 0.3) is 11.5 Å². The highest BCUT2D eigenvalue weighted by Crippen LogP contribution is 2.32. The third-order valence-electron chi connectivity index (χ3n) is 5.22. The summed E-state index contributed by atoms with van der Waals surface area (Å²) in [7, 11) is 1.60. The van der Waals surface area contributed by atoms with E-state index in [-0.39, 0.29) is 17.3 Å². The van der Waals surface area contributed by atoms with Crippen LogP contribution in [-0.4, -0.2) is 23.8 Å². The van der Waals surface area contributed by atoms with Crippen molar-refractivity contribution in [2.24, 2.45) is 0 Å². The minimum atomic E-state index is -0.553. The molecule has 1 atom stereocenters. The van der Waals surface area contributed by atoms with E-state index in [9.17, 15) is 14.4 Å². The van der Waals surface area contributed by atoms with Crippen molar-refractivity contribution in [3.05, 3.63) is 91.8 Å². The maximum Gasteiger partial charge on any atom is 0.261 e.